The van der Waals surface area contributed by atoms with Crippen LogP contribution >= 0.6 is 0 Å². The van der Waals surface area contributed by atoms with Crippen molar-refractivity contribution in [3.63, 3.8) is 0 Å². The summed E-state index contributed by atoms with van der Waals surface area (Å²) in [5.41, 5.74) is 6.10. The first-order valence-corrected chi connectivity index (χ1v) is 5.95. The molecule has 0 saturated heterocycles. The van der Waals surface area contributed by atoms with Crippen LogP contribution in [0.25, 0.3) is 0 Å². The van der Waals surface area contributed by atoms with Crippen LogP contribution in [0, 0.1) is 10.1 Å². The van der Waals surface area contributed by atoms with Crippen LogP contribution in [0.15, 0.2) is 42.5 Å². The molecular weight excluding hydrogens is 260 g/mol. The van der Waals surface area contributed by atoms with E-state index in [2.05, 4.69) is 10.3 Å². The van der Waals surface area contributed by atoms with Gasteiger partial charge in [-0.1, -0.05) is 30.3 Å². The van der Waals surface area contributed by atoms with Crippen molar-refractivity contribution in [3.8, 4) is 0 Å². The van der Waals surface area contributed by atoms with Gasteiger partial charge in [0.25, 0.3) is 5.69 Å². The quantitative estimate of drug-likeness (QED) is 0.565. The fourth-order valence-electron chi connectivity index (χ4n) is 1.73. The summed E-state index contributed by atoms with van der Waals surface area (Å²) in [4.78, 5) is 14.1. The summed E-state index contributed by atoms with van der Waals surface area (Å²) in [5.74, 6) is 0.308. The number of aliphatic hydroxyl groups is 1. The minimum absolute atomic E-state index is 0.0518. The van der Waals surface area contributed by atoms with Gasteiger partial charge in [-0.25, -0.2) is 4.98 Å². The molecule has 0 aliphatic heterocycles. The number of pyridine rings is 1. The number of rotatable bonds is 5. The van der Waals surface area contributed by atoms with E-state index in [-0.39, 0.29) is 23.9 Å². The molecule has 0 fully saturated rings. The Morgan fingerprint density at radius 1 is 1.35 bits per heavy atom. The second-order valence-corrected chi connectivity index (χ2v) is 4.20. The molecule has 2 rings (SSSR count). The van der Waals surface area contributed by atoms with Crippen molar-refractivity contribution in [1.29, 1.82) is 0 Å². The first kappa shape index (κ1) is 13.8. The van der Waals surface area contributed by atoms with Crippen LogP contribution in [-0.4, -0.2) is 21.6 Å². The molecule has 1 aromatic heterocycles. The SMILES string of the molecule is Nc1cc([N+](=O)[O-])cc(NCC(O)c2ccccc2)n1. The van der Waals surface area contributed by atoms with Gasteiger partial charge in [-0.2, -0.15) is 0 Å². The summed E-state index contributed by atoms with van der Waals surface area (Å²) < 4.78 is 0. The van der Waals surface area contributed by atoms with E-state index < -0.39 is 11.0 Å². The molecular formula is C13H14N4O3. The van der Waals surface area contributed by atoms with Crippen molar-refractivity contribution in [2.24, 2.45) is 0 Å². The highest BCUT2D eigenvalue weighted by Gasteiger charge is 2.11. The zero-order chi connectivity index (χ0) is 14.5. The smallest absolute Gasteiger partial charge is 0.276 e. The predicted molar refractivity (Wildman–Crippen MR) is 75.2 cm³/mol. The Balaban J connectivity index is 2.06. The zero-order valence-electron chi connectivity index (χ0n) is 10.6. The lowest BCUT2D eigenvalue weighted by Crippen LogP contribution is -2.13. The highest BCUT2D eigenvalue weighted by Crippen LogP contribution is 2.20. The molecule has 20 heavy (non-hydrogen) atoms. The zero-order valence-corrected chi connectivity index (χ0v) is 10.6. The molecule has 1 heterocycles. The third-order valence-corrected chi connectivity index (χ3v) is 2.70. The van der Waals surface area contributed by atoms with Crippen LogP contribution in [-0.2, 0) is 0 Å². The number of nitro groups is 1. The number of nitrogen functional groups attached to an aromatic ring is 1. The number of anilines is 2. The van der Waals surface area contributed by atoms with Crippen LogP contribution in [0.2, 0.25) is 0 Å². The fraction of sp³-hybridized carbons (Fsp3) is 0.154. The lowest BCUT2D eigenvalue weighted by molar-refractivity contribution is -0.384. The number of nitrogens with zero attached hydrogens (tertiary/aromatic N) is 2. The fourth-order valence-corrected chi connectivity index (χ4v) is 1.73. The van der Waals surface area contributed by atoms with Gasteiger partial charge in [-0.3, -0.25) is 10.1 Å². The van der Waals surface area contributed by atoms with Gasteiger partial charge in [0.15, 0.2) is 0 Å². The molecule has 0 saturated carbocycles. The van der Waals surface area contributed by atoms with E-state index >= 15 is 0 Å². The van der Waals surface area contributed by atoms with Crippen LogP contribution in [0.3, 0.4) is 0 Å². The van der Waals surface area contributed by atoms with Gasteiger partial charge in [0.1, 0.15) is 11.6 Å². The van der Waals surface area contributed by atoms with Crippen LogP contribution in [0.4, 0.5) is 17.3 Å². The molecule has 0 aliphatic carbocycles. The van der Waals surface area contributed by atoms with Crippen molar-refractivity contribution in [3.05, 3.63) is 58.1 Å². The van der Waals surface area contributed by atoms with E-state index in [1.807, 2.05) is 18.2 Å². The lowest BCUT2D eigenvalue weighted by atomic mass is 10.1. The number of hydrogen-bond donors (Lipinski definition) is 3. The van der Waals surface area contributed by atoms with E-state index in [9.17, 15) is 15.2 Å². The molecule has 7 heteroatoms. The highest BCUT2D eigenvalue weighted by atomic mass is 16.6. The molecule has 1 aromatic carbocycles. The van der Waals surface area contributed by atoms with E-state index in [4.69, 9.17) is 5.73 Å². The summed E-state index contributed by atoms with van der Waals surface area (Å²) in [6, 6.07) is 11.5. The predicted octanol–water partition coefficient (Wildman–Crippen LogP) is 1.72. The first-order valence-electron chi connectivity index (χ1n) is 5.95. The molecule has 0 spiro atoms. The van der Waals surface area contributed by atoms with Gasteiger partial charge >= 0.3 is 0 Å². The largest absolute Gasteiger partial charge is 0.387 e. The van der Waals surface area contributed by atoms with Gasteiger partial charge in [-0.15, -0.1) is 0 Å². The number of nitrogens with one attached hydrogen (secondary N) is 1. The molecule has 0 aliphatic rings. The Hall–Kier alpha value is -2.67. The second kappa shape index (κ2) is 5.98. The molecule has 0 amide bonds. The number of hydrogen-bond acceptors (Lipinski definition) is 6. The summed E-state index contributed by atoms with van der Waals surface area (Å²) in [6.45, 7) is 0.178. The van der Waals surface area contributed by atoms with Crippen LogP contribution < -0.4 is 11.1 Å². The Labute approximate surface area is 115 Å². The average Bonchev–Trinajstić information content (AvgIpc) is 2.45. The van der Waals surface area contributed by atoms with E-state index in [0.717, 1.165) is 5.56 Å². The van der Waals surface area contributed by atoms with Crippen molar-refractivity contribution >= 4 is 17.3 Å². The minimum atomic E-state index is -0.738. The third-order valence-electron chi connectivity index (χ3n) is 2.70. The van der Waals surface area contributed by atoms with Crippen LogP contribution in [0.1, 0.15) is 11.7 Å². The van der Waals surface area contributed by atoms with Crippen LogP contribution in [0.5, 0.6) is 0 Å². The minimum Gasteiger partial charge on any atom is -0.387 e. The molecule has 0 radical (unpaired) electrons. The topological polar surface area (TPSA) is 114 Å². The normalized spacial score (nSPS) is 11.8. The number of nitrogens with two attached hydrogens (primary N) is 1. The van der Waals surface area contributed by atoms with Crippen molar-refractivity contribution in [2.75, 3.05) is 17.6 Å². The second-order valence-electron chi connectivity index (χ2n) is 4.20. The molecule has 1 unspecified atom stereocenters. The maximum atomic E-state index is 10.7. The first-order chi connectivity index (χ1) is 9.56. The molecule has 0 bridgehead atoms. The number of aromatic nitrogens is 1. The van der Waals surface area contributed by atoms with Gasteiger partial charge in [-0.05, 0) is 5.56 Å². The highest BCUT2D eigenvalue weighted by molar-refractivity contribution is 5.52. The number of benzene rings is 1. The van der Waals surface area contributed by atoms with E-state index in [0.29, 0.717) is 0 Å². The lowest BCUT2D eigenvalue weighted by Gasteiger charge is -2.12. The van der Waals surface area contributed by atoms with Crippen molar-refractivity contribution < 1.29 is 10.0 Å². The summed E-state index contributed by atoms with van der Waals surface area (Å²) in [7, 11) is 0. The summed E-state index contributed by atoms with van der Waals surface area (Å²) in [5, 5.41) is 23.5. The Kier molecular flexibility index (Phi) is 4.11. The summed E-state index contributed by atoms with van der Waals surface area (Å²) >= 11 is 0. The van der Waals surface area contributed by atoms with Gasteiger partial charge in [0, 0.05) is 6.54 Å². The molecule has 1 atom stereocenters. The monoisotopic (exact) mass is 274 g/mol. The average molecular weight is 274 g/mol. The number of aliphatic hydroxyl groups excluding tert-OH is 1. The maximum absolute atomic E-state index is 10.7. The molecule has 104 valence electrons. The maximum Gasteiger partial charge on any atom is 0.276 e. The standard InChI is InChI=1S/C13H14N4O3/c14-12-6-10(17(19)20)7-13(16-12)15-8-11(18)9-4-2-1-3-5-9/h1-7,11,18H,8H2,(H3,14,15,16). The Morgan fingerprint density at radius 2 is 2.05 bits per heavy atom. The van der Waals surface area contributed by atoms with Gasteiger partial charge < -0.3 is 16.2 Å². The van der Waals surface area contributed by atoms with E-state index in [1.54, 1.807) is 12.1 Å². The summed E-state index contributed by atoms with van der Waals surface area (Å²) in [6.07, 6.45) is -0.738. The molecule has 7 nitrogen and oxygen atoms in total. The van der Waals surface area contributed by atoms with Gasteiger partial charge in [0.2, 0.25) is 0 Å². The van der Waals surface area contributed by atoms with Crippen molar-refractivity contribution in [1.82, 2.24) is 4.98 Å². The van der Waals surface area contributed by atoms with Gasteiger partial charge in [0.05, 0.1) is 23.2 Å². The third kappa shape index (κ3) is 3.42. The molecule has 2 aromatic rings. The van der Waals surface area contributed by atoms with Crippen molar-refractivity contribution in [2.45, 2.75) is 6.10 Å². The van der Waals surface area contributed by atoms with E-state index in [1.165, 1.54) is 12.1 Å². The Bertz CT molecular complexity index is 604. The Morgan fingerprint density at radius 3 is 2.70 bits per heavy atom. The molecule has 4 N–H and O–H groups in total.